The summed E-state index contributed by atoms with van der Waals surface area (Å²) in [7, 11) is 0. The van der Waals surface area contributed by atoms with Crippen molar-refractivity contribution in [1.29, 1.82) is 0 Å². The van der Waals surface area contributed by atoms with Crippen molar-refractivity contribution >= 4 is 24.0 Å². The van der Waals surface area contributed by atoms with Gasteiger partial charge in [-0.25, -0.2) is 0 Å². The summed E-state index contributed by atoms with van der Waals surface area (Å²) < 4.78 is 0. The Labute approximate surface area is 305 Å². The van der Waals surface area contributed by atoms with Gasteiger partial charge in [0.1, 0.15) is 0 Å². The number of rotatable bonds is 0. The van der Waals surface area contributed by atoms with Crippen LogP contribution in [0.15, 0.2) is 0 Å². The van der Waals surface area contributed by atoms with Gasteiger partial charge in [-0.05, 0) is 0 Å². The molecule has 0 aliphatic carbocycles. The molecule has 289 valence electrons. The molecule has 1 radical (unpaired) electrons. The summed E-state index contributed by atoms with van der Waals surface area (Å²) >= 11 is 0. The van der Waals surface area contributed by atoms with Gasteiger partial charge in [0.05, 0.1) is 0 Å². The fourth-order valence-corrected chi connectivity index (χ4v) is 0. The SMILES string of the molecule is F.F.F.F.F.I.[H-].[HH].[HH].[HH].[HH].[HH].[HH].[HH].[HH].[HH].[HH].[HH].[HH].[HH].[HH].[HH].[HH].[HH].[HH].[HH].[HH].[HH].[HH].[HH].[HH].[HH].[HH].[HH].[HH].[HH].[HH].[HH].[HH].[HH].[HH].[HH].[HH].[HH].[HH].[HH].[HH].[HH].[HH].[HH].[HH].[HH].[HH].[HH].[HH].[HH].[HH].[HH].[HH].[HH].[HH].[HH].[HH].[HH].[HH].[HH].[HH].[HH].[HH].[HH].[HH].[HH].[HH].[HH].[HH].[HH].[HH].[HH].[HH].[HH].[HH].[HH].[HH].[HH].[HH].[HH].[HH].[HH].[HH].[HH].[HH].[HH].[HH].[HH].[HH].[HH].[HH].[HH].[HH].[HH].[HH].[HH].[HH].[HH].[HH].[HH].[HH].[HH].[HH].[HH].[HH].[HH].[HH].[HH].[HH].[HH].[HH].[HH].[HH].[HH].[HH].[HH].[HH].[HH].[HH].[K+].[Y]. The molecule has 0 aromatic carbocycles. The first-order chi connectivity index (χ1) is 0. The molecular weight excluding hydrogens is 350 g/mol. The molecule has 0 saturated carbocycles. The van der Waals surface area contributed by atoms with Gasteiger partial charge < -0.3 is 1.43 Å². The van der Waals surface area contributed by atoms with Crippen LogP contribution in [0, 0.1) is 0 Å². The molecule has 0 N–H and O–H groups in total. The van der Waals surface area contributed by atoms with Crippen LogP contribution in [-0.4, -0.2) is 0 Å². The van der Waals surface area contributed by atoms with E-state index in [1.54, 1.807) is 0 Å². The van der Waals surface area contributed by atoms with Gasteiger partial charge in [0.15, 0.2) is 0 Å². The average Bonchev–Trinajstić information content (AvgIpc) is 0. The van der Waals surface area contributed by atoms with Crippen molar-refractivity contribution in [3.05, 3.63) is 0 Å². The predicted octanol–water partition coefficient (Wildman–Crippen LogP) is 27.5. The van der Waals surface area contributed by atoms with Crippen molar-refractivity contribution in [2.45, 2.75) is 0 Å². The Hall–Kier alpha value is 3.12. The summed E-state index contributed by atoms with van der Waals surface area (Å²) in [5.74, 6) is 0. The van der Waals surface area contributed by atoms with Gasteiger partial charge in [-0.1, -0.05) is 0 Å². The first-order valence-electron chi connectivity index (χ1n) is 0. The van der Waals surface area contributed by atoms with Gasteiger partial charge in [0.25, 0.3) is 0 Å². The molecule has 0 bridgehead atoms. The minimum atomic E-state index is 0. The molecule has 0 aromatic rings. The van der Waals surface area contributed by atoms with Crippen LogP contribution in [-0.2, 0) is 32.7 Å². The second-order valence-electron chi connectivity index (χ2n) is 0. The van der Waals surface area contributed by atoms with Gasteiger partial charge in [-0.2, -0.15) is 0 Å². The molecule has 0 atom stereocenters. The van der Waals surface area contributed by atoms with Crippen LogP contribution in [0.1, 0.15) is 170 Å². The summed E-state index contributed by atoms with van der Waals surface area (Å²) in [5.41, 5.74) is 0. The molecular formula is H243F5IKY. The van der Waals surface area contributed by atoms with Crippen molar-refractivity contribution in [2.24, 2.45) is 0 Å². The van der Waals surface area contributed by atoms with E-state index in [4.69, 9.17) is 0 Å². The normalized spacial score (nSPS) is 0. The Balaban J connectivity index is 0. The Bertz CT molecular complexity index is 55.5. The average molecular weight is 595 g/mol. The molecule has 0 spiro atoms. The Kier molecular flexibility index (Phi) is 1260. The van der Waals surface area contributed by atoms with Crippen molar-refractivity contribution in [3.63, 3.8) is 0 Å². The maximum atomic E-state index is 0. The third-order valence-corrected chi connectivity index (χ3v) is 0. The molecule has 0 amide bonds. The third kappa shape index (κ3) is 61.8. The van der Waals surface area contributed by atoms with E-state index in [1.165, 1.54) is 0 Å². The summed E-state index contributed by atoms with van der Waals surface area (Å²) in [6.45, 7) is 0. The van der Waals surface area contributed by atoms with E-state index in [-0.39, 0.29) is 301 Å². The second kappa shape index (κ2) is 86.5. The molecule has 0 nitrogen and oxygen atoms in total. The zero-order valence-corrected chi connectivity index (χ0v) is 12.3. The minimum Gasteiger partial charge on any atom is -1.00 e. The van der Waals surface area contributed by atoms with E-state index >= 15 is 0 Å². The van der Waals surface area contributed by atoms with Crippen LogP contribution in [0.25, 0.3) is 0 Å². The zero-order valence-electron chi connectivity index (χ0n) is 5.03. The van der Waals surface area contributed by atoms with Crippen molar-refractivity contribution < 1.29 is 277 Å². The first-order valence-corrected chi connectivity index (χ1v) is 0. The standard InChI is InChI=1S/5FH.HI.K.Y.118H2.H/h6*1H;;;118*1H;/q;;;;;;+1;;;;;;;;;;;;;;;;;;;;;;;;;;;;;;;;;;;;;;;;;;;;;;;;;;;;;;;;;;;;;;;;;;;;;;;;;;;;;;;;;;;;;;;;;;;;;;;;;;;;;;;;;;;;;;;;;;;;;;;;-1. The minimum absolute atomic E-state index is 0. The predicted molar refractivity (Wildman–Crippen MR) is 278 cm³/mol. The molecule has 8 heavy (non-hydrogen) atoms. The van der Waals surface area contributed by atoms with Gasteiger partial charge in [-0.15, -0.1) is 24.0 Å². The van der Waals surface area contributed by atoms with Gasteiger partial charge in [-0.3, -0.25) is 23.5 Å². The second-order valence-corrected chi connectivity index (χ2v) is 0. The maximum absolute atomic E-state index is 0. The van der Waals surface area contributed by atoms with Crippen molar-refractivity contribution in [2.75, 3.05) is 0 Å². The van der Waals surface area contributed by atoms with E-state index in [9.17, 15) is 0 Å². The summed E-state index contributed by atoms with van der Waals surface area (Å²) in [6, 6.07) is 0. The van der Waals surface area contributed by atoms with Crippen LogP contribution in [0.5, 0.6) is 0 Å². The molecule has 0 aliphatic rings. The third-order valence-electron chi connectivity index (χ3n) is 0. The van der Waals surface area contributed by atoms with E-state index in [0.717, 1.165) is 0 Å². The van der Waals surface area contributed by atoms with E-state index in [2.05, 4.69) is 0 Å². The Morgan fingerprint density at radius 3 is 0.750 bits per heavy atom. The van der Waals surface area contributed by atoms with Gasteiger partial charge in [0, 0.05) is 201 Å². The molecule has 0 aromatic heterocycles. The van der Waals surface area contributed by atoms with Gasteiger partial charge >= 0.3 is 51.4 Å². The van der Waals surface area contributed by atoms with E-state index < -0.39 is 0 Å². The smallest absolute Gasteiger partial charge is 1.00 e. The summed E-state index contributed by atoms with van der Waals surface area (Å²) in [5, 5.41) is 0. The van der Waals surface area contributed by atoms with Crippen molar-refractivity contribution in [3.8, 4) is 0 Å². The molecule has 8 heteroatoms. The largest absolute Gasteiger partial charge is 1.00 e. The quantitative estimate of drug-likeness (QED) is 0.149. The van der Waals surface area contributed by atoms with Crippen molar-refractivity contribution in [1.82, 2.24) is 0 Å². The van der Waals surface area contributed by atoms with Gasteiger partial charge in [0.2, 0.25) is 0 Å². The molecule has 0 rings (SSSR count). The topological polar surface area (TPSA) is 0 Å². The Morgan fingerprint density at radius 2 is 0.750 bits per heavy atom. The Morgan fingerprint density at radius 1 is 0.750 bits per heavy atom. The maximum Gasteiger partial charge on any atom is 1.00 e. The summed E-state index contributed by atoms with van der Waals surface area (Å²) in [4.78, 5) is 0. The first kappa shape index (κ1) is 117. The molecule has 0 aliphatic heterocycles. The zero-order chi connectivity index (χ0) is 0. The van der Waals surface area contributed by atoms with E-state index in [1.807, 2.05) is 0 Å². The van der Waals surface area contributed by atoms with Crippen LogP contribution >= 0.6 is 24.0 Å². The molecule has 0 heterocycles. The fourth-order valence-electron chi connectivity index (χ4n) is 0. The monoisotopic (exact) mass is 595 g/mol. The van der Waals surface area contributed by atoms with Crippen LogP contribution in [0.3, 0.4) is 0 Å². The fraction of sp³-hybridized carbons (Fsp3) is 0. The molecule has 0 unspecified atom stereocenters. The molecule has 0 saturated heterocycles. The number of halogens is 6. The van der Waals surface area contributed by atoms with E-state index in [0.29, 0.717) is 0 Å². The number of hydrogen-bond acceptors (Lipinski definition) is 0. The van der Waals surface area contributed by atoms with Crippen LogP contribution in [0.4, 0.5) is 23.5 Å². The van der Waals surface area contributed by atoms with Crippen LogP contribution in [0.2, 0.25) is 0 Å². The molecule has 0 fully saturated rings. The number of hydrogen-bond donors (Lipinski definition) is 0. The van der Waals surface area contributed by atoms with Crippen LogP contribution < -0.4 is 51.4 Å². The summed E-state index contributed by atoms with van der Waals surface area (Å²) in [6.07, 6.45) is 0.